The molecule has 2 aromatic heterocycles. The highest BCUT2D eigenvalue weighted by molar-refractivity contribution is 5.71. The quantitative estimate of drug-likeness (QED) is 0.738. The van der Waals surface area contributed by atoms with Gasteiger partial charge >= 0.3 is 0 Å². The second-order valence-corrected chi connectivity index (χ2v) is 3.06. The standard InChI is InChI=1S/C10H12N3O/c1-3-6-13-7-11-8-4-5-9(14-2)12-10(8)13/h4-5H,3,6H2,1-2H3. The maximum Gasteiger partial charge on any atom is 0.215 e. The lowest BCUT2D eigenvalue weighted by atomic mass is 10.4. The van der Waals surface area contributed by atoms with Crippen molar-refractivity contribution in [2.45, 2.75) is 19.9 Å². The number of rotatable bonds is 3. The van der Waals surface area contributed by atoms with E-state index in [4.69, 9.17) is 4.74 Å². The summed E-state index contributed by atoms with van der Waals surface area (Å²) in [6.45, 7) is 3.00. The number of pyridine rings is 1. The van der Waals surface area contributed by atoms with Gasteiger partial charge in [-0.05, 0) is 12.5 Å². The number of ether oxygens (including phenoxy) is 1. The Morgan fingerprint density at radius 2 is 2.36 bits per heavy atom. The summed E-state index contributed by atoms with van der Waals surface area (Å²) in [6.07, 6.45) is 3.96. The molecule has 0 aliphatic rings. The second-order valence-electron chi connectivity index (χ2n) is 3.06. The molecule has 0 amide bonds. The van der Waals surface area contributed by atoms with E-state index in [1.54, 1.807) is 13.2 Å². The fourth-order valence-electron chi connectivity index (χ4n) is 1.36. The fraction of sp³-hybridized carbons (Fsp3) is 0.400. The van der Waals surface area contributed by atoms with Crippen molar-refractivity contribution in [2.75, 3.05) is 7.11 Å². The zero-order chi connectivity index (χ0) is 9.97. The largest absolute Gasteiger partial charge is 0.481 e. The second kappa shape index (κ2) is 3.65. The van der Waals surface area contributed by atoms with Crippen molar-refractivity contribution < 1.29 is 4.74 Å². The molecule has 1 radical (unpaired) electrons. The van der Waals surface area contributed by atoms with E-state index in [-0.39, 0.29) is 0 Å². The van der Waals surface area contributed by atoms with E-state index < -0.39 is 0 Å². The van der Waals surface area contributed by atoms with Gasteiger partial charge in [0.15, 0.2) is 12.0 Å². The molecule has 73 valence electrons. The van der Waals surface area contributed by atoms with Gasteiger partial charge in [-0.2, -0.15) is 4.98 Å². The number of hydrogen-bond donors (Lipinski definition) is 0. The van der Waals surface area contributed by atoms with Gasteiger partial charge in [-0.1, -0.05) is 6.92 Å². The van der Waals surface area contributed by atoms with Gasteiger partial charge in [-0.25, -0.2) is 4.98 Å². The minimum atomic E-state index is 0.615. The summed E-state index contributed by atoms with van der Waals surface area (Å²) in [4.78, 5) is 8.45. The van der Waals surface area contributed by atoms with Crippen molar-refractivity contribution >= 4 is 11.2 Å². The third-order valence-electron chi connectivity index (χ3n) is 2.03. The van der Waals surface area contributed by atoms with E-state index in [9.17, 15) is 0 Å². The Bertz CT molecular complexity index is 436. The van der Waals surface area contributed by atoms with Gasteiger partial charge in [0.2, 0.25) is 5.88 Å². The highest BCUT2D eigenvalue weighted by atomic mass is 16.5. The number of imidazole rings is 1. The third kappa shape index (κ3) is 1.43. The van der Waals surface area contributed by atoms with Crippen LogP contribution in [0.2, 0.25) is 0 Å². The monoisotopic (exact) mass is 190 g/mol. The van der Waals surface area contributed by atoms with E-state index in [2.05, 4.69) is 23.2 Å². The van der Waals surface area contributed by atoms with Crippen LogP contribution in [0.1, 0.15) is 13.3 Å². The molecule has 2 aromatic rings. The van der Waals surface area contributed by atoms with Crippen LogP contribution in [0.25, 0.3) is 11.2 Å². The Morgan fingerprint density at radius 3 is 3.07 bits per heavy atom. The molecule has 0 aromatic carbocycles. The first kappa shape index (κ1) is 8.99. The molecule has 0 atom stereocenters. The summed E-state index contributed by atoms with van der Waals surface area (Å²) >= 11 is 0. The molecule has 2 rings (SSSR count). The van der Waals surface area contributed by atoms with Crippen molar-refractivity contribution in [3.05, 3.63) is 18.5 Å². The van der Waals surface area contributed by atoms with Gasteiger partial charge in [0.25, 0.3) is 0 Å². The number of fused-ring (bicyclic) bond motifs is 1. The topological polar surface area (TPSA) is 39.9 Å². The lowest BCUT2D eigenvalue weighted by Crippen LogP contribution is -1.97. The average molecular weight is 190 g/mol. The molecule has 14 heavy (non-hydrogen) atoms. The highest BCUT2D eigenvalue weighted by Crippen LogP contribution is 2.14. The van der Waals surface area contributed by atoms with Gasteiger partial charge in [0.1, 0.15) is 5.52 Å². The first-order valence-corrected chi connectivity index (χ1v) is 4.64. The van der Waals surface area contributed by atoms with Gasteiger partial charge in [0.05, 0.1) is 7.11 Å². The first-order valence-electron chi connectivity index (χ1n) is 4.64. The molecule has 0 bridgehead atoms. The molecule has 0 unspecified atom stereocenters. The molecular formula is C10H12N3O. The summed E-state index contributed by atoms with van der Waals surface area (Å²) in [5.41, 5.74) is 1.70. The molecule has 0 fully saturated rings. The molecule has 0 aliphatic heterocycles. The van der Waals surface area contributed by atoms with E-state index in [1.807, 2.05) is 10.6 Å². The van der Waals surface area contributed by atoms with Crippen molar-refractivity contribution in [3.8, 4) is 5.88 Å². The van der Waals surface area contributed by atoms with Crippen LogP contribution in [0.15, 0.2) is 12.1 Å². The predicted octanol–water partition coefficient (Wildman–Crippen LogP) is 1.65. The molecule has 0 spiro atoms. The normalized spacial score (nSPS) is 10.7. The van der Waals surface area contributed by atoms with Crippen LogP contribution in [0.5, 0.6) is 5.88 Å². The highest BCUT2D eigenvalue weighted by Gasteiger charge is 2.04. The van der Waals surface area contributed by atoms with Crippen LogP contribution in [0, 0.1) is 6.33 Å². The first-order chi connectivity index (χ1) is 6.85. The van der Waals surface area contributed by atoms with Gasteiger partial charge < -0.3 is 9.30 Å². The Kier molecular flexibility index (Phi) is 2.35. The Morgan fingerprint density at radius 1 is 1.50 bits per heavy atom. The van der Waals surface area contributed by atoms with Crippen molar-refractivity contribution in [2.24, 2.45) is 0 Å². The molecule has 2 heterocycles. The summed E-state index contributed by atoms with van der Waals surface area (Å²) < 4.78 is 6.97. The Balaban J connectivity index is 2.52. The average Bonchev–Trinajstić information content (AvgIpc) is 2.61. The number of aromatic nitrogens is 3. The Hall–Kier alpha value is -1.58. The number of aryl methyl sites for hydroxylation is 1. The van der Waals surface area contributed by atoms with Crippen LogP contribution in [-0.4, -0.2) is 21.6 Å². The van der Waals surface area contributed by atoms with E-state index in [0.29, 0.717) is 5.88 Å². The van der Waals surface area contributed by atoms with Crippen molar-refractivity contribution in [3.63, 3.8) is 0 Å². The predicted molar refractivity (Wildman–Crippen MR) is 53.2 cm³/mol. The van der Waals surface area contributed by atoms with Crippen molar-refractivity contribution in [1.29, 1.82) is 0 Å². The molecule has 0 saturated carbocycles. The summed E-state index contributed by atoms with van der Waals surface area (Å²) in [7, 11) is 1.61. The lowest BCUT2D eigenvalue weighted by Gasteiger charge is -2.01. The maximum atomic E-state index is 5.06. The number of methoxy groups -OCH3 is 1. The number of nitrogens with zero attached hydrogens (tertiary/aromatic N) is 3. The summed E-state index contributed by atoms with van der Waals surface area (Å²) in [6, 6.07) is 3.70. The lowest BCUT2D eigenvalue weighted by molar-refractivity contribution is 0.399. The minimum Gasteiger partial charge on any atom is -0.481 e. The van der Waals surface area contributed by atoms with E-state index >= 15 is 0 Å². The SMILES string of the molecule is CCCn1[c]nc2ccc(OC)nc21. The molecule has 0 N–H and O–H groups in total. The van der Waals surface area contributed by atoms with Gasteiger partial charge in [0, 0.05) is 12.6 Å². The number of hydrogen-bond acceptors (Lipinski definition) is 3. The zero-order valence-corrected chi connectivity index (χ0v) is 8.32. The smallest absolute Gasteiger partial charge is 0.215 e. The summed E-state index contributed by atoms with van der Waals surface area (Å²) in [5, 5.41) is 0. The third-order valence-corrected chi connectivity index (χ3v) is 2.03. The van der Waals surface area contributed by atoms with Crippen LogP contribution >= 0.6 is 0 Å². The van der Waals surface area contributed by atoms with Crippen LogP contribution in [0.4, 0.5) is 0 Å². The Labute approximate surface area is 82.5 Å². The molecule has 0 aliphatic carbocycles. The maximum absolute atomic E-state index is 5.06. The van der Waals surface area contributed by atoms with Crippen LogP contribution in [0.3, 0.4) is 0 Å². The van der Waals surface area contributed by atoms with Crippen LogP contribution < -0.4 is 4.74 Å². The van der Waals surface area contributed by atoms with E-state index in [1.165, 1.54) is 0 Å². The van der Waals surface area contributed by atoms with Crippen molar-refractivity contribution in [1.82, 2.24) is 14.5 Å². The molecule has 0 saturated heterocycles. The zero-order valence-electron chi connectivity index (χ0n) is 8.32. The molecule has 4 nitrogen and oxygen atoms in total. The fourth-order valence-corrected chi connectivity index (χ4v) is 1.36. The van der Waals surface area contributed by atoms with Gasteiger partial charge in [-0.15, -0.1) is 0 Å². The van der Waals surface area contributed by atoms with E-state index in [0.717, 1.165) is 24.1 Å². The van der Waals surface area contributed by atoms with Crippen LogP contribution in [-0.2, 0) is 6.54 Å². The summed E-state index contributed by atoms with van der Waals surface area (Å²) in [5.74, 6) is 0.615. The van der Waals surface area contributed by atoms with Gasteiger partial charge in [-0.3, -0.25) is 0 Å². The minimum absolute atomic E-state index is 0.615. The molecular weight excluding hydrogens is 178 g/mol. The molecule has 4 heteroatoms.